The first kappa shape index (κ1) is 30.1. The molecule has 1 atom stereocenters. The monoisotopic (exact) mass is 635 g/mol. The lowest BCUT2D eigenvalue weighted by atomic mass is 10.1. The molecule has 2 fully saturated rings. The molecule has 1 saturated heterocycles. The van der Waals surface area contributed by atoms with Crippen molar-refractivity contribution >= 4 is 46.3 Å². The van der Waals surface area contributed by atoms with Crippen molar-refractivity contribution in [1.82, 2.24) is 10.3 Å². The van der Waals surface area contributed by atoms with Gasteiger partial charge in [-0.25, -0.2) is 4.98 Å². The number of rotatable bonds is 9. The molecule has 7 rings (SSSR count). The lowest BCUT2D eigenvalue weighted by Crippen LogP contribution is -2.33. The van der Waals surface area contributed by atoms with E-state index in [0.717, 1.165) is 60.3 Å². The van der Waals surface area contributed by atoms with Crippen LogP contribution in [0.3, 0.4) is 0 Å². The van der Waals surface area contributed by atoms with Crippen LogP contribution in [0.2, 0.25) is 0 Å². The van der Waals surface area contributed by atoms with Crippen molar-refractivity contribution in [3.8, 4) is 10.4 Å². The standard InChI is InChI=1S/C36H37N5O4S/c1-45-21-17-27-6-5-19-40(27)33-29(8-4-18-37-33)34(42)38-25-12-10-23(11-13-25)36(44)41-20-16-24-22-31(35(43)39-26-14-15-26)46-32(24)28-7-2-3-9-30(28)41/h2-4,7-13,18,22,26-27H,5-6,14-17,19-21H2,1H3,(H,38,42)(H,39,43). The fraction of sp³-hybridized carbons (Fsp3) is 0.333. The zero-order valence-electron chi connectivity index (χ0n) is 25.8. The number of hydrogen-bond donors (Lipinski definition) is 2. The first-order chi connectivity index (χ1) is 22.5. The van der Waals surface area contributed by atoms with Crippen LogP contribution in [0, 0.1) is 0 Å². The Morgan fingerprint density at radius 2 is 1.80 bits per heavy atom. The Morgan fingerprint density at radius 1 is 0.978 bits per heavy atom. The number of carbonyl (C=O) groups is 3. The second kappa shape index (κ2) is 13.1. The number of amides is 3. The number of aromatic nitrogens is 1. The van der Waals surface area contributed by atoms with Crippen molar-refractivity contribution in [2.45, 2.75) is 50.6 Å². The SMILES string of the molecule is COCCC1CCCN1c1ncccc1C(=O)Nc1ccc(C(=O)N2CCc3cc(C(=O)NC4CC4)sc3-c3ccccc32)cc1. The lowest BCUT2D eigenvalue weighted by molar-refractivity contribution is 0.0952. The maximum absolute atomic E-state index is 13.9. The zero-order chi connectivity index (χ0) is 31.6. The molecular weight excluding hydrogens is 598 g/mol. The summed E-state index contributed by atoms with van der Waals surface area (Å²) in [7, 11) is 1.71. The summed E-state index contributed by atoms with van der Waals surface area (Å²) in [5.74, 6) is 0.324. The molecule has 2 aromatic carbocycles. The Balaban J connectivity index is 1.07. The van der Waals surface area contributed by atoms with Gasteiger partial charge < -0.3 is 25.2 Å². The van der Waals surface area contributed by atoms with Gasteiger partial charge in [-0.3, -0.25) is 14.4 Å². The van der Waals surface area contributed by atoms with Crippen LogP contribution < -0.4 is 20.4 Å². The Morgan fingerprint density at radius 3 is 2.61 bits per heavy atom. The first-order valence-corrected chi connectivity index (χ1v) is 16.8. The predicted octanol–water partition coefficient (Wildman–Crippen LogP) is 6.16. The van der Waals surface area contributed by atoms with Gasteiger partial charge in [-0.05, 0) is 92.6 Å². The maximum atomic E-state index is 13.9. The number of para-hydroxylation sites is 1. The van der Waals surface area contributed by atoms with E-state index in [0.29, 0.717) is 53.1 Å². The fourth-order valence-corrected chi connectivity index (χ4v) is 7.57. The molecule has 236 valence electrons. The van der Waals surface area contributed by atoms with E-state index in [4.69, 9.17) is 4.74 Å². The summed E-state index contributed by atoms with van der Waals surface area (Å²) < 4.78 is 5.30. The molecule has 9 nitrogen and oxygen atoms in total. The number of methoxy groups -OCH3 is 1. The average Bonchev–Trinajstić information content (AvgIpc) is 3.64. The van der Waals surface area contributed by atoms with Gasteiger partial charge in [0.05, 0.1) is 16.1 Å². The van der Waals surface area contributed by atoms with Crippen LogP contribution in [0.15, 0.2) is 72.9 Å². The van der Waals surface area contributed by atoms with Gasteiger partial charge in [-0.2, -0.15) is 0 Å². The van der Waals surface area contributed by atoms with Gasteiger partial charge in [-0.15, -0.1) is 11.3 Å². The van der Waals surface area contributed by atoms with E-state index in [2.05, 4.69) is 20.5 Å². The first-order valence-electron chi connectivity index (χ1n) is 16.0. The van der Waals surface area contributed by atoms with Crippen LogP contribution in [-0.2, 0) is 11.2 Å². The van der Waals surface area contributed by atoms with Gasteiger partial charge in [0, 0.05) is 66.8 Å². The van der Waals surface area contributed by atoms with Crippen LogP contribution in [-0.4, -0.2) is 61.6 Å². The van der Waals surface area contributed by atoms with E-state index >= 15 is 0 Å². The third-order valence-corrected chi connectivity index (χ3v) is 10.2. The highest BCUT2D eigenvalue weighted by molar-refractivity contribution is 7.17. The second-order valence-corrected chi connectivity index (χ2v) is 13.2. The summed E-state index contributed by atoms with van der Waals surface area (Å²) in [6.07, 6.45) is 7.45. The number of carbonyl (C=O) groups excluding carboxylic acids is 3. The number of ether oxygens (including phenoxy) is 1. The van der Waals surface area contributed by atoms with E-state index in [1.807, 2.05) is 35.2 Å². The third kappa shape index (κ3) is 6.15. The maximum Gasteiger partial charge on any atom is 0.261 e. The fourth-order valence-electron chi connectivity index (χ4n) is 6.43. The molecule has 4 heterocycles. The molecule has 3 amide bonds. The molecule has 3 aliphatic rings. The Hall–Kier alpha value is -4.54. The van der Waals surface area contributed by atoms with Gasteiger partial charge in [0.1, 0.15) is 5.82 Å². The average molecular weight is 636 g/mol. The minimum absolute atomic E-state index is 0.0137. The Labute approximate surface area is 272 Å². The van der Waals surface area contributed by atoms with E-state index in [-0.39, 0.29) is 23.8 Å². The van der Waals surface area contributed by atoms with Gasteiger partial charge in [0.2, 0.25) is 0 Å². The molecule has 2 N–H and O–H groups in total. The highest BCUT2D eigenvalue weighted by Gasteiger charge is 2.31. The van der Waals surface area contributed by atoms with E-state index in [1.165, 1.54) is 11.3 Å². The summed E-state index contributed by atoms with van der Waals surface area (Å²) in [5, 5.41) is 6.09. The van der Waals surface area contributed by atoms with Crippen molar-refractivity contribution in [3.63, 3.8) is 0 Å². The third-order valence-electron chi connectivity index (χ3n) is 8.96. The summed E-state index contributed by atoms with van der Waals surface area (Å²) in [5.41, 5.74) is 4.52. The number of anilines is 3. The van der Waals surface area contributed by atoms with Crippen LogP contribution in [0.4, 0.5) is 17.2 Å². The topological polar surface area (TPSA) is 104 Å². The highest BCUT2D eigenvalue weighted by Crippen LogP contribution is 2.42. The second-order valence-electron chi connectivity index (χ2n) is 12.1. The van der Waals surface area contributed by atoms with Crippen molar-refractivity contribution in [3.05, 3.63) is 94.5 Å². The Kier molecular flexibility index (Phi) is 8.55. The lowest BCUT2D eigenvalue weighted by Gasteiger charge is -2.27. The van der Waals surface area contributed by atoms with Gasteiger partial charge >= 0.3 is 0 Å². The number of nitrogens with zero attached hydrogens (tertiary/aromatic N) is 3. The van der Waals surface area contributed by atoms with Crippen LogP contribution >= 0.6 is 11.3 Å². The van der Waals surface area contributed by atoms with Crippen LogP contribution in [0.25, 0.3) is 10.4 Å². The number of nitrogens with one attached hydrogen (secondary N) is 2. The minimum atomic E-state index is -0.239. The number of thiophene rings is 1. The van der Waals surface area contributed by atoms with Gasteiger partial charge in [0.15, 0.2) is 0 Å². The molecule has 0 bridgehead atoms. The van der Waals surface area contributed by atoms with E-state index in [9.17, 15) is 14.4 Å². The van der Waals surface area contributed by atoms with Crippen molar-refractivity contribution in [1.29, 1.82) is 0 Å². The van der Waals surface area contributed by atoms with Gasteiger partial charge in [0.25, 0.3) is 17.7 Å². The zero-order valence-corrected chi connectivity index (χ0v) is 26.6. The molecule has 1 saturated carbocycles. The van der Waals surface area contributed by atoms with Crippen molar-refractivity contribution in [2.75, 3.05) is 41.9 Å². The summed E-state index contributed by atoms with van der Waals surface area (Å²) >= 11 is 1.49. The van der Waals surface area contributed by atoms with E-state index in [1.54, 1.807) is 49.7 Å². The smallest absolute Gasteiger partial charge is 0.261 e. The summed E-state index contributed by atoms with van der Waals surface area (Å²) in [6, 6.07) is 21.1. The number of benzene rings is 2. The molecule has 10 heteroatoms. The molecule has 2 aromatic heterocycles. The number of hydrogen-bond acceptors (Lipinski definition) is 7. The van der Waals surface area contributed by atoms with Gasteiger partial charge in [-0.1, -0.05) is 18.2 Å². The number of pyridine rings is 1. The van der Waals surface area contributed by atoms with Crippen LogP contribution in [0.1, 0.15) is 68.1 Å². The summed E-state index contributed by atoms with van der Waals surface area (Å²) in [4.78, 5) is 50.5. The quantitative estimate of drug-likeness (QED) is 0.228. The molecule has 4 aromatic rings. The Bertz CT molecular complexity index is 1770. The largest absolute Gasteiger partial charge is 0.385 e. The number of fused-ring (bicyclic) bond motifs is 3. The minimum Gasteiger partial charge on any atom is -0.385 e. The normalized spacial score (nSPS) is 17.2. The molecule has 0 radical (unpaired) electrons. The molecule has 46 heavy (non-hydrogen) atoms. The predicted molar refractivity (Wildman–Crippen MR) is 181 cm³/mol. The molecular formula is C36H37N5O4S. The van der Waals surface area contributed by atoms with Crippen LogP contribution in [0.5, 0.6) is 0 Å². The molecule has 1 unspecified atom stereocenters. The molecule has 0 spiro atoms. The van der Waals surface area contributed by atoms with Crippen molar-refractivity contribution < 1.29 is 19.1 Å². The highest BCUT2D eigenvalue weighted by atomic mass is 32.1. The molecule has 2 aliphatic heterocycles. The molecule has 1 aliphatic carbocycles. The van der Waals surface area contributed by atoms with Crippen molar-refractivity contribution in [2.24, 2.45) is 0 Å². The summed E-state index contributed by atoms with van der Waals surface area (Å²) in [6.45, 7) is 2.01. The van der Waals surface area contributed by atoms with E-state index < -0.39 is 0 Å².